The fraction of sp³-hybridized carbons (Fsp3) is 0.467. The largest absolute Gasteiger partial charge is 0.353 e. The summed E-state index contributed by atoms with van der Waals surface area (Å²) >= 11 is 1.42. The van der Waals surface area contributed by atoms with E-state index < -0.39 is 0 Å². The maximum Gasteiger partial charge on any atom is 0.237 e. The zero-order valence-corrected chi connectivity index (χ0v) is 12.6. The molecule has 2 N–H and O–H groups in total. The summed E-state index contributed by atoms with van der Waals surface area (Å²) in [5.74, 6) is 0.309. The van der Waals surface area contributed by atoms with Gasteiger partial charge < -0.3 is 10.6 Å². The zero-order chi connectivity index (χ0) is 14.5. The molecule has 5 heteroatoms. The van der Waals surface area contributed by atoms with Gasteiger partial charge in [0.15, 0.2) is 0 Å². The molecule has 0 unspecified atom stereocenters. The number of anilines is 1. The predicted octanol–water partition coefficient (Wildman–Crippen LogP) is 2.20. The van der Waals surface area contributed by atoms with Crippen molar-refractivity contribution in [2.24, 2.45) is 0 Å². The van der Waals surface area contributed by atoms with Crippen LogP contribution in [0.25, 0.3) is 0 Å². The number of amides is 2. The Hall–Kier alpha value is -1.49. The van der Waals surface area contributed by atoms with Crippen LogP contribution in [0.5, 0.6) is 0 Å². The normalized spacial score (nSPS) is 18.1. The van der Waals surface area contributed by atoms with E-state index in [1.165, 1.54) is 11.8 Å². The Kier molecular flexibility index (Phi) is 5.06. The van der Waals surface area contributed by atoms with Crippen LogP contribution in [0.2, 0.25) is 0 Å². The minimum atomic E-state index is -0.166. The highest BCUT2D eigenvalue weighted by atomic mass is 32.2. The molecular formula is C15H20N2O2S. The second kappa shape index (κ2) is 6.79. The molecule has 1 aliphatic heterocycles. The molecule has 0 radical (unpaired) electrons. The smallest absolute Gasteiger partial charge is 0.237 e. The third kappa shape index (κ3) is 4.00. The van der Waals surface area contributed by atoms with Gasteiger partial charge in [-0.15, -0.1) is 11.8 Å². The van der Waals surface area contributed by atoms with Gasteiger partial charge in [-0.3, -0.25) is 9.59 Å². The van der Waals surface area contributed by atoms with Crippen LogP contribution in [0.3, 0.4) is 0 Å². The fourth-order valence-electron chi connectivity index (χ4n) is 2.19. The summed E-state index contributed by atoms with van der Waals surface area (Å²) in [6.07, 6.45) is 1.63. The van der Waals surface area contributed by atoms with Crippen LogP contribution in [0.15, 0.2) is 24.3 Å². The van der Waals surface area contributed by atoms with Crippen LogP contribution in [-0.2, 0) is 16.0 Å². The maximum absolute atomic E-state index is 12.1. The fourth-order valence-corrected chi connectivity index (χ4v) is 3.12. The quantitative estimate of drug-likeness (QED) is 0.894. The third-order valence-electron chi connectivity index (χ3n) is 3.11. The van der Waals surface area contributed by atoms with Gasteiger partial charge in [-0.2, -0.15) is 0 Å². The number of nitrogens with one attached hydrogen (secondary N) is 2. The highest BCUT2D eigenvalue weighted by molar-refractivity contribution is 8.01. The molecule has 0 aromatic heterocycles. The summed E-state index contributed by atoms with van der Waals surface area (Å²) in [6, 6.07) is 7.99. The van der Waals surface area contributed by atoms with Gasteiger partial charge in [0.25, 0.3) is 0 Å². The van der Waals surface area contributed by atoms with Gasteiger partial charge in [0.1, 0.15) is 0 Å². The second-order valence-electron chi connectivity index (χ2n) is 5.21. The molecule has 0 saturated carbocycles. The lowest BCUT2D eigenvalue weighted by Gasteiger charge is -2.13. The molecule has 1 aliphatic rings. The molecule has 0 aliphatic carbocycles. The minimum Gasteiger partial charge on any atom is -0.353 e. The number of carbonyl (C=O) groups excluding carboxylic acids is 2. The molecule has 0 fully saturated rings. The standard InChI is InChI=1S/C15H20N2O2S/c1-10(2)16-14(18)9-20-13-8-7-11-5-3-4-6-12(11)17-15(13)19/h3-6,10,13H,7-9H2,1-2H3,(H,16,18)(H,17,19)/t13-/m1/s1. The summed E-state index contributed by atoms with van der Waals surface area (Å²) in [7, 11) is 0. The van der Waals surface area contributed by atoms with Gasteiger partial charge in [-0.25, -0.2) is 0 Å². The average molecular weight is 292 g/mol. The highest BCUT2D eigenvalue weighted by Crippen LogP contribution is 2.26. The number of rotatable bonds is 4. The first-order chi connectivity index (χ1) is 9.56. The lowest BCUT2D eigenvalue weighted by atomic mass is 10.1. The molecule has 4 nitrogen and oxygen atoms in total. The van der Waals surface area contributed by atoms with Gasteiger partial charge in [-0.1, -0.05) is 18.2 Å². The first-order valence-electron chi connectivity index (χ1n) is 6.86. The van der Waals surface area contributed by atoms with Crippen molar-refractivity contribution in [3.05, 3.63) is 29.8 Å². The molecule has 20 heavy (non-hydrogen) atoms. The minimum absolute atomic E-state index is 0.00250. The number of hydrogen-bond acceptors (Lipinski definition) is 3. The van der Waals surface area contributed by atoms with Gasteiger partial charge in [-0.05, 0) is 38.3 Å². The van der Waals surface area contributed by atoms with Crippen molar-refractivity contribution in [3.63, 3.8) is 0 Å². The lowest BCUT2D eigenvalue weighted by Crippen LogP contribution is -2.33. The van der Waals surface area contributed by atoms with Crippen LogP contribution in [0, 0.1) is 0 Å². The van der Waals surface area contributed by atoms with Crippen molar-refractivity contribution in [2.75, 3.05) is 11.1 Å². The monoisotopic (exact) mass is 292 g/mol. The number of aryl methyl sites for hydroxylation is 1. The molecule has 1 atom stereocenters. The molecule has 2 amide bonds. The average Bonchev–Trinajstić information content (AvgIpc) is 2.54. The van der Waals surface area contributed by atoms with Crippen LogP contribution in [0.1, 0.15) is 25.8 Å². The maximum atomic E-state index is 12.1. The number of para-hydroxylation sites is 1. The number of fused-ring (bicyclic) bond motifs is 1. The Labute approximate surface area is 123 Å². The predicted molar refractivity (Wildman–Crippen MR) is 82.9 cm³/mol. The van der Waals surface area contributed by atoms with Crippen molar-refractivity contribution in [1.82, 2.24) is 5.32 Å². The van der Waals surface area contributed by atoms with E-state index in [-0.39, 0.29) is 23.1 Å². The molecule has 0 bridgehead atoms. The molecule has 2 rings (SSSR count). The van der Waals surface area contributed by atoms with E-state index in [0.29, 0.717) is 5.75 Å². The van der Waals surface area contributed by atoms with Crippen LogP contribution in [-0.4, -0.2) is 28.9 Å². The van der Waals surface area contributed by atoms with E-state index in [9.17, 15) is 9.59 Å². The van der Waals surface area contributed by atoms with E-state index in [0.717, 1.165) is 24.1 Å². The van der Waals surface area contributed by atoms with Gasteiger partial charge in [0.2, 0.25) is 11.8 Å². The van der Waals surface area contributed by atoms with E-state index in [1.807, 2.05) is 38.1 Å². The molecule has 0 saturated heterocycles. The van der Waals surface area contributed by atoms with Crippen LogP contribution >= 0.6 is 11.8 Å². The summed E-state index contributed by atoms with van der Waals surface area (Å²) in [5.41, 5.74) is 2.06. The molecule has 0 spiro atoms. The SMILES string of the molecule is CC(C)NC(=O)CS[C@@H]1CCc2ccccc2NC1=O. The number of hydrogen-bond donors (Lipinski definition) is 2. The lowest BCUT2D eigenvalue weighted by molar-refractivity contribution is -0.119. The third-order valence-corrected chi connectivity index (χ3v) is 4.39. The first kappa shape index (κ1) is 14.9. The Bertz CT molecular complexity index is 502. The summed E-state index contributed by atoms with van der Waals surface area (Å²) in [4.78, 5) is 23.8. The number of thioether (sulfide) groups is 1. The Balaban J connectivity index is 1.92. The summed E-state index contributed by atoms with van der Waals surface area (Å²) in [6.45, 7) is 3.86. The molecule has 1 aromatic carbocycles. The van der Waals surface area contributed by atoms with Gasteiger partial charge in [0.05, 0.1) is 11.0 Å². The molecular weight excluding hydrogens is 272 g/mol. The summed E-state index contributed by atoms with van der Waals surface area (Å²) in [5, 5.41) is 5.62. The number of carbonyl (C=O) groups is 2. The molecule has 1 aromatic rings. The topological polar surface area (TPSA) is 58.2 Å². The van der Waals surface area contributed by atoms with E-state index in [1.54, 1.807) is 0 Å². The number of benzene rings is 1. The Morgan fingerprint density at radius 1 is 1.45 bits per heavy atom. The van der Waals surface area contributed by atoms with Crippen molar-refractivity contribution >= 4 is 29.3 Å². The van der Waals surface area contributed by atoms with E-state index >= 15 is 0 Å². The van der Waals surface area contributed by atoms with Crippen molar-refractivity contribution in [2.45, 2.75) is 38.0 Å². The zero-order valence-electron chi connectivity index (χ0n) is 11.8. The Morgan fingerprint density at radius 3 is 2.95 bits per heavy atom. The molecule has 108 valence electrons. The second-order valence-corrected chi connectivity index (χ2v) is 6.40. The van der Waals surface area contributed by atoms with Gasteiger partial charge in [0, 0.05) is 11.7 Å². The van der Waals surface area contributed by atoms with Crippen LogP contribution < -0.4 is 10.6 Å². The van der Waals surface area contributed by atoms with E-state index in [4.69, 9.17) is 0 Å². The van der Waals surface area contributed by atoms with Gasteiger partial charge >= 0.3 is 0 Å². The van der Waals surface area contributed by atoms with Crippen molar-refractivity contribution in [1.29, 1.82) is 0 Å². The first-order valence-corrected chi connectivity index (χ1v) is 7.91. The highest BCUT2D eigenvalue weighted by Gasteiger charge is 2.24. The van der Waals surface area contributed by atoms with Crippen molar-refractivity contribution < 1.29 is 9.59 Å². The summed E-state index contributed by atoms with van der Waals surface area (Å²) < 4.78 is 0. The van der Waals surface area contributed by atoms with Crippen LogP contribution in [0.4, 0.5) is 5.69 Å². The molecule has 1 heterocycles. The Morgan fingerprint density at radius 2 is 2.20 bits per heavy atom. The van der Waals surface area contributed by atoms with E-state index in [2.05, 4.69) is 10.6 Å². The van der Waals surface area contributed by atoms with Crippen molar-refractivity contribution in [3.8, 4) is 0 Å².